The molecule has 0 aliphatic rings. The average molecular weight is 338 g/mol. The molecule has 2 aromatic rings. The lowest BCUT2D eigenvalue weighted by Gasteiger charge is -2.30. The summed E-state index contributed by atoms with van der Waals surface area (Å²) in [7, 11) is 1.63. The summed E-state index contributed by atoms with van der Waals surface area (Å²) >= 11 is 5.96. The second-order valence-electron chi connectivity index (χ2n) is 5.94. The maximum absolute atomic E-state index is 12.4. The molecular weight excluding hydrogens is 318 g/mol. The Hall–Kier alpha value is -1.89. The fourth-order valence-electron chi connectivity index (χ4n) is 2.21. The number of rotatable bonds is 6. The standard InChI is InChI=1S/C16H20ClN3O3/c1-16(10-21,11-22)9-19(2)15(23)12-7-18-20(8-12)14-5-3-4-13(17)6-14/h3-8,21-22H,9-11H2,1-2H3. The number of aromatic nitrogens is 2. The zero-order chi connectivity index (χ0) is 17.0. The van der Waals surface area contributed by atoms with Gasteiger partial charge in [-0.2, -0.15) is 5.10 Å². The monoisotopic (exact) mass is 337 g/mol. The summed E-state index contributed by atoms with van der Waals surface area (Å²) in [6.45, 7) is 1.54. The highest BCUT2D eigenvalue weighted by molar-refractivity contribution is 6.30. The SMILES string of the molecule is CN(CC(C)(CO)CO)C(=O)c1cnn(-c2cccc(Cl)c2)c1. The van der Waals surface area contributed by atoms with Crippen molar-refractivity contribution >= 4 is 17.5 Å². The number of carbonyl (C=O) groups is 1. The first-order valence-electron chi connectivity index (χ1n) is 7.16. The van der Waals surface area contributed by atoms with Crippen LogP contribution in [0, 0.1) is 5.41 Å². The van der Waals surface area contributed by atoms with Gasteiger partial charge in [0.25, 0.3) is 5.91 Å². The number of halogens is 1. The van der Waals surface area contributed by atoms with E-state index in [1.807, 2.05) is 6.07 Å². The molecule has 0 radical (unpaired) electrons. The van der Waals surface area contributed by atoms with Crippen LogP contribution in [-0.2, 0) is 0 Å². The zero-order valence-corrected chi connectivity index (χ0v) is 13.9. The van der Waals surface area contributed by atoms with E-state index < -0.39 is 5.41 Å². The number of aliphatic hydroxyl groups is 2. The van der Waals surface area contributed by atoms with Crippen molar-refractivity contribution in [3.63, 3.8) is 0 Å². The Balaban J connectivity index is 2.15. The summed E-state index contributed by atoms with van der Waals surface area (Å²) in [5.41, 5.74) is 0.438. The zero-order valence-electron chi connectivity index (χ0n) is 13.1. The Morgan fingerprint density at radius 2 is 2.09 bits per heavy atom. The van der Waals surface area contributed by atoms with Crippen molar-refractivity contribution in [3.05, 3.63) is 47.2 Å². The van der Waals surface area contributed by atoms with Gasteiger partial charge in [0.2, 0.25) is 0 Å². The van der Waals surface area contributed by atoms with Gasteiger partial charge in [-0.1, -0.05) is 24.6 Å². The molecule has 124 valence electrons. The van der Waals surface area contributed by atoms with E-state index in [4.69, 9.17) is 11.6 Å². The van der Waals surface area contributed by atoms with E-state index in [0.717, 1.165) is 5.69 Å². The van der Waals surface area contributed by atoms with Crippen LogP contribution < -0.4 is 0 Å². The molecule has 0 unspecified atom stereocenters. The van der Waals surface area contributed by atoms with Crippen LogP contribution in [0.25, 0.3) is 5.69 Å². The van der Waals surface area contributed by atoms with Gasteiger partial charge in [-0.25, -0.2) is 4.68 Å². The van der Waals surface area contributed by atoms with E-state index in [0.29, 0.717) is 10.6 Å². The third kappa shape index (κ3) is 4.10. The van der Waals surface area contributed by atoms with Crippen molar-refractivity contribution in [3.8, 4) is 5.69 Å². The number of amides is 1. The highest BCUT2D eigenvalue weighted by atomic mass is 35.5. The van der Waals surface area contributed by atoms with E-state index in [1.54, 1.807) is 43.0 Å². The van der Waals surface area contributed by atoms with Crippen LogP contribution in [0.4, 0.5) is 0 Å². The fourth-order valence-corrected chi connectivity index (χ4v) is 2.39. The summed E-state index contributed by atoms with van der Waals surface area (Å²) < 4.78 is 1.57. The van der Waals surface area contributed by atoms with E-state index in [-0.39, 0.29) is 25.7 Å². The molecule has 1 heterocycles. The molecular formula is C16H20ClN3O3. The molecule has 1 aromatic heterocycles. The maximum Gasteiger partial charge on any atom is 0.256 e. The smallest absolute Gasteiger partial charge is 0.256 e. The minimum absolute atomic E-state index is 0.205. The maximum atomic E-state index is 12.4. The predicted octanol–water partition coefficient (Wildman–Crippen LogP) is 1.59. The molecule has 0 saturated heterocycles. The molecule has 2 N–H and O–H groups in total. The van der Waals surface area contributed by atoms with E-state index in [9.17, 15) is 15.0 Å². The van der Waals surface area contributed by atoms with Crippen molar-refractivity contribution in [2.24, 2.45) is 5.41 Å². The summed E-state index contributed by atoms with van der Waals surface area (Å²) in [6.07, 6.45) is 3.11. The van der Waals surface area contributed by atoms with Crippen LogP contribution in [0.1, 0.15) is 17.3 Å². The summed E-state index contributed by atoms with van der Waals surface area (Å²) in [5.74, 6) is -0.230. The lowest BCUT2D eigenvalue weighted by Crippen LogP contribution is -2.41. The molecule has 23 heavy (non-hydrogen) atoms. The van der Waals surface area contributed by atoms with Crippen LogP contribution >= 0.6 is 11.6 Å². The summed E-state index contributed by atoms with van der Waals surface area (Å²) in [5, 5.41) is 23.4. The highest BCUT2D eigenvalue weighted by Crippen LogP contribution is 2.18. The van der Waals surface area contributed by atoms with Crippen molar-refractivity contribution in [2.75, 3.05) is 26.8 Å². The second kappa shape index (κ2) is 7.12. The van der Waals surface area contributed by atoms with Gasteiger partial charge in [-0.3, -0.25) is 4.79 Å². The molecule has 2 rings (SSSR count). The molecule has 0 bridgehead atoms. The molecule has 1 amide bonds. The number of carbonyl (C=O) groups excluding carboxylic acids is 1. The predicted molar refractivity (Wildman–Crippen MR) is 87.8 cm³/mol. The average Bonchev–Trinajstić information content (AvgIpc) is 3.04. The molecule has 0 saturated carbocycles. The molecule has 0 atom stereocenters. The fraction of sp³-hybridized carbons (Fsp3) is 0.375. The first kappa shape index (κ1) is 17.5. The summed E-state index contributed by atoms with van der Waals surface area (Å²) in [6, 6.07) is 7.16. The normalized spacial score (nSPS) is 11.5. The van der Waals surface area contributed by atoms with E-state index in [2.05, 4.69) is 5.10 Å². The Morgan fingerprint density at radius 1 is 1.39 bits per heavy atom. The third-order valence-electron chi connectivity index (χ3n) is 3.63. The Kier molecular flexibility index (Phi) is 5.41. The van der Waals surface area contributed by atoms with Crippen molar-refractivity contribution in [1.82, 2.24) is 14.7 Å². The van der Waals surface area contributed by atoms with Gasteiger partial charge < -0.3 is 15.1 Å². The molecule has 0 aliphatic carbocycles. The quantitative estimate of drug-likeness (QED) is 0.839. The minimum Gasteiger partial charge on any atom is -0.396 e. The van der Waals surface area contributed by atoms with Crippen LogP contribution in [0.15, 0.2) is 36.7 Å². The van der Waals surface area contributed by atoms with Crippen LogP contribution in [-0.4, -0.2) is 57.6 Å². The molecule has 6 nitrogen and oxygen atoms in total. The minimum atomic E-state index is -0.743. The first-order valence-corrected chi connectivity index (χ1v) is 7.54. The van der Waals surface area contributed by atoms with Crippen molar-refractivity contribution in [2.45, 2.75) is 6.92 Å². The molecule has 1 aromatic carbocycles. The topological polar surface area (TPSA) is 78.6 Å². The summed E-state index contributed by atoms with van der Waals surface area (Å²) in [4.78, 5) is 13.9. The largest absolute Gasteiger partial charge is 0.396 e. The van der Waals surface area contributed by atoms with E-state index >= 15 is 0 Å². The number of aliphatic hydroxyl groups excluding tert-OH is 2. The number of nitrogens with zero attached hydrogens (tertiary/aromatic N) is 3. The van der Waals surface area contributed by atoms with Crippen molar-refractivity contribution in [1.29, 1.82) is 0 Å². The van der Waals surface area contributed by atoms with Crippen LogP contribution in [0.2, 0.25) is 5.02 Å². The van der Waals surface area contributed by atoms with Gasteiger partial charge in [0.1, 0.15) is 0 Å². The molecule has 7 heteroatoms. The molecule has 0 aliphatic heterocycles. The lowest BCUT2D eigenvalue weighted by atomic mass is 9.92. The van der Waals surface area contributed by atoms with Crippen molar-refractivity contribution < 1.29 is 15.0 Å². The number of benzene rings is 1. The Morgan fingerprint density at radius 3 is 2.70 bits per heavy atom. The van der Waals surface area contributed by atoms with Crippen LogP contribution in [0.5, 0.6) is 0 Å². The second-order valence-corrected chi connectivity index (χ2v) is 6.38. The first-order chi connectivity index (χ1) is 10.9. The van der Waals surface area contributed by atoms with E-state index in [1.165, 1.54) is 11.1 Å². The Labute approximate surface area is 139 Å². The Bertz CT molecular complexity index is 683. The number of hydrogen-bond donors (Lipinski definition) is 2. The van der Waals surface area contributed by atoms with Gasteiger partial charge in [-0.05, 0) is 18.2 Å². The third-order valence-corrected chi connectivity index (χ3v) is 3.87. The highest BCUT2D eigenvalue weighted by Gasteiger charge is 2.27. The van der Waals surface area contributed by atoms with Crippen LogP contribution in [0.3, 0.4) is 0 Å². The van der Waals surface area contributed by atoms with Gasteiger partial charge in [-0.15, -0.1) is 0 Å². The van der Waals surface area contributed by atoms with Gasteiger partial charge in [0.05, 0.1) is 30.7 Å². The number of hydrogen-bond acceptors (Lipinski definition) is 4. The lowest BCUT2D eigenvalue weighted by molar-refractivity contribution is 0.0366. The van der Waals surface area contributed by atoms with Gasteiger partial charge >= 0.3 is 0 Å². The van der Waals surface area contributed by atoms with Gasteiger partial charge in [0, 0.05) is 30.2 Å². The van der Waals surface area contributed by atoms with Gasteiger partial charge in [0.15, 0.2) is 0 Å². The molecule has 0 fully saturated rings. The molecule has 0 spiro atoms.